The second-order valence-electron chi connectivity index (χ2n) is 5.72. The third-order valence-electron chi connectivity index (χ3n) is 3.94. The zero-order valence-electron chi connectivity index (χ0n) is 14.6. The number of esters is 1. The number of aromatic nitrogens is 2. The Labute approximate surface area is 155 Å². The second kappa shape index (κ2) is 8.61. The Kier molecular flexibility index (Phi) is 6.00. The van der Waals surface area contributed by atoms with E-state index < -0.39 is 0 Å². The summed E-state index contributed by atoms with van der Waals surface area (Å²) in [6, 6.07) is 5.63. The predicted molar refractivity (Wildman–Crippen MR) is 99.5 cm³/mol. The molecule has 0 bridgehead atoms. The van der Waals surface area contributed by atoms with Gasteiger partial charge in [-0.1, -0.05) is 6.07 Å². The maximum absolute atomic E-state index is 12.4. The minimum absolute atomic E-state index is 0.114. The van der Waals surface area contributed by atoms with Gasteiger partial charge in [-0.05, 0) is 19.1 Å². The molecule has 0 radical (unpaired) electrons. The number of anilines is 2. The van der Waals surface area contributed by atoms with Crippen molar-refractivity contribution >= 4 is 34.3 Å². The molecule has 1 fully saturated rings. The molecule has 1 saturated heterocycles. The van der Waals surface area contributed by atoms with Crippen LogP contribution in [0.1, 0.15) is 12.6 Å². The molecule has 1 N–H and O–H groups in total. The largest absolute Gasteiger partial charge is 0.466 e. The van der Waals surface area contributed by atoms with Gasteiger partial charge in [-0.25, -0.2) is 14.8 Å². The molecule has 3 rings (SSSR count). The lowest BCUT2D eigenvalue weighted by molar-refractivity contribution is -0.142. The van der Waals surface area contributed by atoms with Crippen molar-refractivity contribution in [1.82, 2.24) is 14.9 Å². The van der Waals surface area contributed by atoms with Crippen LogP contribution >= 0.6 is 11.3 Å². The summed E-state index contributed by atoms with van der Waals surface area (Å²) in [4.78, 5) is 36.4. The van der Waals surface area contributed by atoms with E-state index in [9.17, 15) is 9.59 Å². The van der Waals surface area contributed by atoms with Gasteiger partial charge in [-0.2, -0.15) is 0 Å². The van der Waals surface area contributed by atoms with Crippen LogP contribution in [0.15, 0.2) is 29.8 Å². The lowest BCUT2D eigenvalue weighted by Crippen LogP contribution is -2.50. The van der Waals surface area contributed by atoms with Gasteiger partial charge in [0, 0.05) is 37.8 Å². The zero-order chi connectivity index (χ0) is 18.4. The number of pyridine rings is 1. The standard InChI is InChI=1S/C17H21N5O3S/c1-2-25-15(23)11-13-12-26-16(19-13)20-17(24)22-9-7-21(8-10-22)14-5-3-4-6-18-14/h3-6,12H,2,7-11H2,1H3,(H,19,20,24). The van der Waals surface area contributed by atoms with Gasteiger partial charge in [0.05, 0.1) is 18.7 Å². The summed E-state index contributed by atoms with van der Waals surface area (Å²) in [7, 11) is 0. The molecule has 9 heteroatoms. The van der Waals surface area contributed by atoms with Crippen LogP contribution in [0.4, 0.5) is 15.7 Å². The Morgan fingerprint density at radius 3 is 2.77 bits per heavy atom. The van der Waals surface area contributed by atoms with Crippen LogP contribution in [0.2, 0.25) is 0 Å². The molecule has 2 amide bonds. The number of ether oxygens (including phenoxy) is 1. The van der Waals surface area contributed by atoms with E-state index in [1.807, 2.05) is 18.2 Å². The first kappa shape index (κ1) is 18.1. The van der Waals surface area contributed by atoms with Gasteiger partial charge in [0.25, 0.3) is 0 Å². The van der Waals surface area contributed by atoms with Crippen LogP contribution in [-0.4, -0.2) is 59.7 Å². The van der Waals surface area contributed by atoms with Gasteiger partial charge in [0.15, 0.2) is 5.13 Å². The first-order valence-corrected chi connectivity index (χ1v) is 9.35. The number of hydrogen-bond donors (Lipinski definition) is 1. The van der Waals surface area contributed by atoms with E-state index in [0.29, 0.717) is 30.5 Å². The Balaban J connectivity index is 1.49. The monoisotopic (exact) mass is 375 g/mol. The molecule has 0 aromatic carbocycles. The number of amides is 2. The normalized spacial score (nSPS) is 14.2. The average Bonchev–Trinajstić information content (AvgIpc) is 3.09. The van der Waals surface area contributed by atoms with Gasteiger partial charge in [-0.15, -0.1) is 11.3 Å². The van der Waals surface area contributed by atoms with Gasteiger partial charge in [0.1, 0.15) is 5.82 Å². The first-order valence-electron chi connectivity index (χ1n) is 8.47. The van der Waals surface area contributed by atoms with E-state index in [1.165, 1.54) is 11.3 Å². The predicted octanol–water partition coefficient (Wildman–Crippen LogP) is 2.00. The molecule has 2 aromatic rings. The first-order chi connectivity index (χ1) is 12.7. The quantitative estimate of drug-likeness (QED) is 0.804. The summed E-state index contributed by atoms with van der Waals surface area (Å²) < 4.78 is 4.90. The fourth-order valence-corrected chi connectivity index (χ4v) is 3.36. The van der Waals surface area contributed by atoms with Crippen LogP contribution in [0.3, 0.4) is 0 Å². The Morgan fingerprint density at radius 2 is 2.08 bits per heavy atom. The number of carbonyl (C=O) groups is 2. The Morgan fingerprint density at radius 1 is 1.27 bits per heavy atom. The van der Waals surface area contributed by atoms with E-state index in [0.717, 1.165) is 18.9 Å². The molecule has 138 valence electrons. The Bertz CT molecular complexity index is 744. The average molecular weight is 375 g/mol. The van der Waals surface area contributed by atoms with Gasteiger partial charge in [-0.3, -0.25) is 10.1 Å². The van der Waals surface area contributed by atoms with E-state index in [4.69, 9.17) is 4.74 Å². The number of carbonyl (C=O) groups excluding carboxylic acids is 2. The van der Waals surface area contributed by atoms with Crippen LogP contribution in [0.5, 0.6) is 0 Å². The number of thiazole rings is 1. The molecular weight excluding hydrogens is 354 g/mol. The lowest BCUT2D eigenvalue weighted by atomic mass is 10.3. The number of rotatable bonds is 5. The summed E-state index contributed by atoms with van der Waals surface area (Å²) >= 11 is 1.30. The zero-order valence-corrected chi connectivity index (χ0v) is 15.4. The topological polar surface area (TPSA) is 87.7 Å². The maximum Gasteiger partial charge on any atom is 0.323 e. The van der Waals surface area contributed by atoms with Crippen molar-refractivity contribution in [3.8, 4) is 0 Å². The molecular formula is C17H21N5O3S. The van der Waals surface area contributed by atoms with Crippen molar-refractivity contribution in [3.05, 3.63) is 35.5 Å². The van der Waals surface area contributed by atoms with Crippen LogP contribution in [0, 0.1) is 0 Å². The molecule has 0 aliphatic carbocycles. The molecule has 26 heavy (non-hydrogen) atoms. The molecule has 0 spiro atoms. The molecule has 0 atom stereocenters. The van der Waals surface area contributed by atoms with Crippen molar-refractivity contribution in [2.75, 3.05) is 43.0 Å². The third kappa shape index (κ3) is 4.69. The van der Waals surface area contributed by atoms with E-state index in [2.05, 4.69) is 20.2 Å². The minimum atomic E-state index is -0.318. The lowest BCUT2D eigenvalue weighted by Gasteiger charge is -2.35. The summed E-state index contributed by atoms with van der Waals surface area (Å²) in [6.07, 6.45) is 1.88. The van der Waals surface area contributed by atoms with Gasteiger partial charge in [0.2, 0.25) is 0 Å². The fraction of sp³-hybridized carbons (Fsp3) is 0.412. The summed E-state index contributed by atoms with van der Waals surface area (Å²) in [5, 5.41) is 5.04. The molecule has 8 nitrogen and oxygen atoms in total. The number of hydrogen-bond acceptors (Lipinski definition) is 7. The SMILES string of the molecule is CCOC(=O)Cc1csc(NC(=O)N2CCN(c3ccccn3)CC2)n1. The van der Waals surface area contributed by atoms with E-state index in [1.54, 1.807) is 23.4 Å². The highest BCUT2D eigenvalue weighted by atomic mass is 32.1. The van der Waals surface area contributed by atoms with Crippen molar-refractivity contribution in [3.63, 3.8) is 0 Å². The van der Waals surface area contributed by atoms with Crippen molar-refractivity contribution in [2.45, 2.75) is 13.3 Å². The van der Waals surface area contributed by atoms with Crippen LogP contribution in [0.25, 0.3) is 0 Å². The number of nitrogens with zero attached hydrogens (tertiary/aromatic N) is 4. The minimum Gasteiger partial charge on any atom is -0.466 e. The molecule has 2 aromatic heterocycles. The van der Waals surface area contributed by atoms with Crippen molar-refractivity contribution < 1.29 is 14.3 Å². The molecule has 3 heterocycles. The molecule has 1 aliphatic heterocycles. The number of piperazine rings is 1. The number of nitrogens with one attached hydrogen (secondary N) is 1. The fourth-order valence-electron chi connectivity index (χ4n) is 2.66. The highest BCUT2D eigenvalue weighted by Crippen LogP contribution is 2.18. The van der Waals surface area contributed by atoms with Crippen molar-refractivity contribution in [2.24, 2.45) is 0 Å². The highest BCUT2D eigenvalue weighted by molar-refractivity contribution is 7.13. The molecule has 0 unspecified atom stereocenters. The smallest absolute Gasteiger partial charge is 0.323 e. The van der Waals surface area contributed by atoms with Crippen LogP contribution < -0.4 is 10.2 Å². The summed E-state index contributed by atoms with van der Waals surface area (Å²) in [5.74, 6) is 0.609. The van der Waals surface area contributed by atoms with Gasteiger partial charge >= 0.3 is 12.0 Å². The second-order valence-corrected chi connectivity index (χ2v) is 6.58. The summed E-state index contributed by atoms with van der Waals surface area (Å²) in [5.41, 5.74) is 0.601. The van der Waals surface area contributed by atoms with E-state index >= 15 is 0 Å². The van der Waals surface area contributed by atoms with Gasteiger partial charge < -0.3 is 14.5 Å². The Hall–Kier alpha value is -2.68. The van der Waals surface area contributed by atoms with E-state index in [-0.39, 0.29) is 18.4 Å². The summed E-state index contributed by atoms with van der Waals surface area (Å²) in [6.45, 7) is 4.80. The van der Waals surface area contributed by atoms with Crippen molar-refractivity contribution in [1.29, 1.82) is 0 Å². The molecule has 0 saturated carbocycles. The third-order valence-corrected chi connectivity index (χ3v) is 4.74. The van der Waals surface area contributed by atoms with Crippen LogP contribution in [-0.2, 0) is 16.0 Å². The molecule has 1 aliphatic rings. The maximum atomic E-state index is 12.4. The highest BCUT2D eigenvalue weighted by Gasteiger charge is 2.22. The number of urea groups is 1.